The Morgan fingerprint density at radius 3 is 2.92 bits per heavy atom. The van der Waals surface area contributed by atoms with Crippen molar-refractivity contribution in [3.63, 3.8) is 0 Å². The van der Waals surface area contributed by atoms with E-state index in [1.165, 1.54) is 0 Å². The third kappa shape index (κ3) is 5.34. The first kappa shape index (κ1) is 24.7. The molecule has 194 valence electrons. The molecule has 3 aliphatic rings. The Hall–Kier alpha value is -2.65. The van der Waals surface area contributed by atoms with Crippen LogP contribution in [0, 0.1) is 5.92 Å². The third-order valence-electron chi connectivity index (χ3n) is 7.59. The van der Waals surface area contributed by atoms with Gasteiger partial charge in [0.2, 0.25) is 11.7 Å². The summed E-state index contributed by atoms with van der Waals surface area (Å²) in [4.78, 5) is 18.0. The van der Waals surface area contributed by atoms with Gasteiger partial charge in [-0.15, -0.1) is 11.3 Å². The van der Waals surface area contributed by atoms with Gasteiger partial charge in [0.1, 0.15) is 6.10 Å². The van der Waals surface area contributed by atoms with E-state index in [0.717, 1.165) is 59.0 Å². The van der Waals surface area contributed by atoms with E-state index >= 15 is 0 Å². The van der Waals surface area contributed by atoms with E-state index < -0.39 is 12.1 Å². The molecule has 0 radical (unpaired) electrons. The van der Waals surface area contributed by atoms with Crippen LogP contribution < -0.4 is 15.0 Å². The molecule has 3 aliphatic heterocycles. The average molecular weight is 541 g/mol. The summed E-state index contributed by atoms with van der Waals surface area (Å²) in [5, 5.41) is 15.8. The van der Waals surface area contributed by atoms with Crippen LogP contribution in [-0.2, 0) is 9.22 Å². The van der Waals surface area contributed by atoms with Crippen LogP contribution in [0.4, 0.5) is 5.69 Å². The Bertz CT molecular complexity index is 1320. The van der Waals surface area contributed by atoms with E-state index in [1.807, 2.05) is 24.3 Å². The molecule has 2 saturated heterocycles. The second-order valence-corrected chi connectivity index (χ2v) is 11.8. The number of anilines is 1. The van der Waals surface area contributed by atoms with Gasteiger partial charge < -0.3 is 25.0 Å². The molecule has 0 spiro atoms. The highest BCUT2D eigenvalue weighted by Crippen LogP contribution is 2.35. The van der Waals surface area contributed by atoms with Gasteiger partial charge in [-0.3, -0.25) is 4.79 Å². The van der Waals surface area contributed by atoms with Crippen LogP contribution in [-0.4, -0.2) is 67.6 Å². The fourth-order valence-corrected chi connectivity index (χ4v) is 6.75. The maximum Gasteiger partial charge on any atom is 0.394 e. The maximum absolute atomic E-state index is 13.5. The minimum Gasteiger partial charge on any atom is -0.471 e. The van der Waals surface area contributed by atoms with Crippen LogP contribution >= 0.6 is 22.9 Å². The standard InChI is InChI=1S/C28H30ClN3O4S/c29-26-14-18-3-5-21(15-25(18)37-26)32-10-7-20(16-32)28(34)30-22(17-31-8-1-2-9-31)27(33)19-4-6-23-24(13-19)36-12-11-35-23/h3-6,12-15,20,22,27,33H,1-2,7-11,16-17H2/p+1/t20-,22+,27+/m0/s1. The molecule has 2 N–H and O–H groups in total. The van der Waals surface area contributed by atoms with E-state index in [2.05, 4.69) is 33.3 Å². The molecule has 0 aliphatic carbocycles. The van der Waals surface area contributed by atoms with Crippen molar-refractivity contribution in [1.82, 2.24) is 10.2 Å². The molecule has 1 aromatic heterocycles. The smallest absolute Gasteiger partial charge is 0.394 e. The fourth-order valence-electron chi connectivity index (χ4n) is 5.56. The lowest BCUT2D eigenvalue weighted by molar-refractivity contribution is -0.367. The Kier molecular flexibility index (Phi) is 7.08. The highest BCUT2D eigenvalue weighted by Gasteiger charge is 2.34. The molecule has 0 saturated carbocycles. The first-order valence-corrected chi connectivity index (χ1v) is 14.1. The Labute approximate surface area is 225 Å². The first-order valence-electron chi connectivity index (χ1n) is 12.9. The highest BCUT2D eigenvalue weighted by atomic mass is 35.5. The van der Waals surface area contributed by atoms with Crippen LogP contribution in [0.25, 0.3) is 10.1 Å². The lowest BCUT2D eigenvalue weighted by Gasteiger charge is -2.29. The molecule has 6 rings (SSSR count). The summed E-state index contributed by atoms with van der Waals surface area (Å²) in [7, 11) is 0. The van der Waals surface area contributed by atoms with Gasteiger partial charge in [0.25, 0.3) is 0 Å². The summed E-state index contributed by atoms with van der Waals surface area (Å²) in [5.74, 6) is 1.11. The number of aliphatic hydroxyl groups excluding tert-OH is 1. The molecular formula is C28H31ClN3O4S+. The minimum atomic E-state index is -0.858. The molecule has 0 unspecified atom stereocenters. The predicted molar refractivity (Wildman–Crippen MR) is 147 cm³/mol. The fraction of sp³-hybridized carbons (Fsp3) is 0.429. The Balaban J connectivity index is 1.16. The van der Waals surface area contributed by atoms with Crippen molar-refractivity contribution in [2.45, 2.75) is 31.4 Å². The Morgan fingerprint density at radius 1 is 1.19 bits per heavy atom. The van der Waals surface area contributed by atoms with Crippen molar-refractivity contribution in [2.75, 3.05) is 44.2 Å². The van der Waals surface area contributed by atoms with Gasteiger partial charge >= 0.3 is 12.0 Å². The topological polar surface area (TPSA) is 76.3 Å². The van der Waals surface area contributed by atoms with Crippen LogP contribution in [0.15, 0.2) is 42.5 Å². The number of ether oxygens (including phenoxy) is 1. The second kappa shape index (κ2) is 10.6. The lowest BCUT2D eigenvalue weighted by Crippen LogP contribution is -2.48. The number of hydrogen-bond donors (Lipinski definition) is 2. The zero-order valence-corrected chi connectivity index (χ0v) is 22.1. The van der Waals surface area contributed by atoms with Crippen LogP contribution in [0.3, 0.4) is 0 Å². The molecule has 9 heteroatoms. The first-order chi connectivity index (χ1) is 18.0. The SMILES string of the molecule is O=C(N[C@H](CN1CCCC1)[C@H](O)c1ccc2c(c1)[O+]=CCO2)[C@H]1CCN(c2ccc3cc(Cl)sc3c2)C1. The highest BCUT2D eigenvalue weighted by molar-refractivity contribution is 7.22. The van der Waals surface area contributed by atoms with E-state index in [1.54, 1.807) is 17.6 Å². The van der Waals surface area contributed by atoms with Gasteiger partial charge in [0.15, 0.2) is 6.61 Å². The number of nitrogens with one attached hydrogen (secondary N) is 1. The quantitative estimate of drug-likeness (QED) is 0.340. The number of carbonyl (C=O) groups excluding carboxylic acids is 2. The van der Waals surface area contributed by atoms with E-state index in [4.69, 9.17) is 20.8 Å². The minimum absolute atomic E-state index is 0.00290. The molecular weight excluding hydrogens is 510 g/mol. The largest absolute Gasteiger partial charge is 0.471 e. The number of fused-ring (bicyclic) bond motifs is 2. The number of halogens is 1. The summed E-state index contributed by atoms with van der Waals surface area (Å²) in [5.41, 5.74) is 1.82. The number of rotatable bonds is 7. The maximum atomic E-state index is 13.5. The summed E-state index contributed by atoms with van der Waals surface area (Å²) >= 11 is 7.76. The third-order valence-corrected chi connectivity index (χ3v) is 8.81. The molecule has 0 bridgehead atoms. The summed E-state index contributed by atoms with van der Waals surface area (Å²) < 4.78 is 13.1. The molecule has 37 heavy (non-hydrogen) atoms. The molecule has 3 atom stereocenters. The summed E-state index contributed by atoms with van der Waals surface area (Å²) in [6.45, 7) is 4.46. The molecule has 4 heterocycles. The van der Waals surface area contributed by atoms with Gasteiger partial charge in [-0.1, -0.05) is 23.7 Å². The normalized spacial score (nSPS) is 21.1. The van der Waals surface area contributed by atoms with Gasteiger partial charge in [0, 0.05) is 30.0 Å². The van der Waals surface area contributed by atoms with Crippen molar-refractivity contribution in [1.29, 1.82) is 0 Å². The molecule has 3 aromatic rings. The average Bonchev–Trinajstić information content (AvgIpc) is 3.67. The number of carbonyl (C=O) groups is 1. The van der Waals surface area contributed by atoms with Crippen LogP contribution in [0.2, 0.25) is 4.34 Å². The van der Waals surface area contributed by atoms with E-state index in [0.29, 0.717) is 36.8 Å². The zero-order chi connectivity index (χ0) is 25.4. The molecule has 2 aromatic carbocycles. The zero-order valence-electron chi connectivity index (χ0n) is 20.6. The lowest BCUT2D eigenvalue weighted by atomic mass is 9.99. The van der Waals surface area contributed by atoms with Crippen molar-refractivity contribution in [2.24, 2.45) is 5.92 Å². The van der Waals surface area contributed by atoms with Gasteiger partial charge in [-0.05, 0) is 67.6 Å². The Morgan fingerprint density at radius 2 is 2.05 bits per heavy atom. The number of hydrogen-bond acceptors (Lipinski definition) is 6. The number of thiophene rings is 1. The monoisotopic (exact) mass is 540 g/mol. The van der Waals surface area contributed by atoms with Crippen molar-refractivity contribution < 1.29 is 19.1 Å². The molecule has 1 amide bonds. The number of likely N-dealkylation sites (tertiary alicyclic amines) is 1. The van der Waals surface area contributed by atoms with Gasteiger partial charge in [-0.2, -0.15) is 0 Å². The van der Waals surface area contributed by atoms with Crippen molar-refractivity contribution >= 4 is 50.9 Å². The summed E-state index contributed by atoms with van der Waals surface area (Å²) in [6, 6.07) is 13.4. The van der Waals surface area contributed by atoms with Crippen LogP contribution in [0.5, 0.6) is 11.5 Å². The van der Waals surface area contributed by atoms with Gasteiger partial charge in [0.05, 0.1) is 22.4 Å². The van der Waals surface area contributed by atoms with E-state index in [-0.39, 0.29) is 11.8 Å². The number of aliphatic hydroxyl groups is 1. The molecule has 7 nitrogen and oxygen atoms in total. The van der Waals surface area contributed by atoms with Crippen LogP contribution in [0.1, 0.15) is 30.9 Å². The number of aldehydes is 1. The summed E-state index contributed by atoms with van der Waals surface area (Å²) in [6.07, 6.45) is 3.81. The number of benzene rings is 2. The van der Waals surface area contributed by atoms with Crippen molar-refractivity contribution in [3.8, 4) is 11.5 Å². The molecule has 2 fully saturated rings. The number of amides is 1. The predicted octanol–water partition coefficient (Wildman–Crippen LogP) is 4.54. The number of nitrogens with zero attached hydrogens (tertiary/aromatic N) is 2. The van der Waals surface area contributed by atoms with Crippen molar-refractivity contribution in [3.05, 3.63) is 52.4 Å². The van der Waals surface area contributed by atoms with Gasteiger partial charge in [-0.25, -0.2) is 4.42 Å². The van der Waals surface area contributed by atoms with E-state index in [9.17, 15) is 9.90 Å². The second-order valence-electron chi connectivity index (χ2n) is 10.1.